The summed E-state index contributed by atoms with van der Waals surface area (Å²) in [6.45, 7) is 8.46. The van der Waals surface area contributed by atoms with Crippen LogP contribution in [-0.4, -0.2) is 69.7 Å². The van der Waals surface area contributed by atoms with Gasteiger partial charge in [0, 0.05) is 31.9 Å². The quantitative estimate of drug-likeness (QED) is 0.838. The van der Waals surface area contributed by atoms with Crippen LogP contribution in [0.3, 0.4) is 0 Å². The van der Waals surface area contributed by atoms with E-state index in [2.05, 4.69) is 21.9 Å². The normalized spacial score (nSPS) is 25.0. The van der Waals surface area contributed by atoms with E-state index in [9.17, 15) is 4.79 Å². The van der Waals surface area contributed by atoms with Gasteiger partial charge in [0.25, 0.3) is 0 Å². The first kappa shape index (κ1) is 16.5. The van der Waals surface area contributed by atoms with Crippen molar-refractivity contribution in [1.29, 1.82) is 0 Å². The smallest absolute Gasteiger partial charge is 0.237 e. The molecule has 2 fully saturated rings. The third kappa shape index (κ3) is 2.91. The van der Waals surface area contributed by atoms with Crippen LogP contribution in [0.5, 0.6) is 0 Å². The number of likely N-dealkylation sites (tertiary alicyclic amines) is 1. The van der Waals surface area contributed by atoms with E-state index in [1.165, 1.54) is 0 Å². The van der Waals surface area contributed by atoms with E-state index in [-0.39, 0.29) is 11.4 Å². The van der Waals surface area contributed by atoms with E-state index in [0.29, 0.717) is 19.8 Å². The van der Waals surface area contributed by atoms with Crippen LogP contribution in [0.4, 0.5) is 0 Å². The summed E-state index contributed by atoms with van der Waals surface area (Å²) in [7, 11) is 0. The second-order valence-corrected chi connectivity index (χ2v) is 7.20. The molecule has 1 amide bonds. The molecule has 0 aromatic carbocycles. The minimum Gasteiger partial charge on any atom is -0.379 e. The lowest BCUT2D eigenvalue weighted by Gasteiger charge is -2.37. The molecule has 0 aliphatic carbocycles. The summed E-state index contributed by atoms with van der Waals surface area (Å²) in [5.74, 6) is 0.191. The minimum absolute atomic E-state index is 0.191. The van der Waals surface area contributed by atoms with Crippen molar-refractivity contribution in [3.63, 3.8) is 0 Å². The molecule has 7 heteroatoms. The Morgan fingerprint density at radius 1 is 1.32 bits per heavy atom. The van der Waals surface area contributed by atoms with Crippen LogP contribution >= 0.6 is 0 Å². The summed E-state index contributed by atoms with van der Waals surface area (Å²) in [4.78, 5) is 21.7. The van der Waals surface area contributed by atoms with Crippen LogP contribution in [-0.2, 0) is 15.1 Å². The van der Waals surface area contributed by atoms with Crippen molar-refractivity contribution >= 4 is 11.6 Å². The van der Waals surface area contributed by atoms with Gasteiger partial charge >= 0.3 is 0 Å². The summed E-state index contributed by atoms with van der Waals surface area (Å²) in [5.41, 5.74) is 2.47. The first-order valence-electron chi connectivity index (χ1n) is 9.00. The Bertz CT molecular complexity index is 783. The lowest BCUT2D eigenvalue weighted by molar-refractivity contribution is -0.137. The maximum absolute atomic E-state index is 13.0. The molecule has 1 atom stereocenters. The molecule has 0 N–H and O–H groups in total. The fraction of sp³-hybridized carbons (Fsp3) is 0.611. The van der Waals surface area contributed by atoms with Crippen molar-refractivity contribution in [2.45, 2.75) is 32.2 Å². The van der Waals surface area contributed by atoms with Gasteiger partial charge in [-0.3, -0.25) is 9.69 Å². The highest BCUT2D eigenvalue weighted by molar-refractivity contribution is 5.79. The first-order valence-corrected chi connectivity index (χ1v) is 9.00. The Morgan fingerprint density at radius 3 is 2.92 bits per heavy atom. The number of fused-ring (bicyclic) bond motifs is 1. The van der Waals surface area contributed by atoms with Gasteiger partial charge in [-0.1, -0.05) is 0 Å². The van der Waals surface area contributed by atoms with E-state index in [1.807, 2.05) is 34.7 Å². The summed E-state index contributed by atoms with van der Waals surface area (Å²) in [6.07, 6.45) is 3.77. The number of carbonyl (C=O) groups is 1. The molecule has 2 aliphatic heterocycles. The molecule has 2 saturated heterocycles. The molecule has 4 heterocycles. The van der Waals surface area contributed by atoms with Gasteiger partial charge in [-0.05, 0) is 32.8 Å². The Morgan fingerprint density at radius 2 is 2.12 bits per heavy atom. The zero-order valence-electron chi connectivity index (χ0n) is 14.9. The van der Waals surface area contributed by atoms with Crippen molar-refractivity contribution in [2.75, 3.05) is 39.4 Å². The van der Waals surface area contributed by atoms with E-state index in [4.69, 9.17) is 4.74 Å². The standard InChI is InChI=1S/C18H25N5O2/c1-14-12-16-19-6-4-15(23(16)20-14)18(2)5-3-7-22(18)17(24)13-21-8-10-25-11-9-21/h4,6,12H,3,5,7-11,13H2,1-2H3/t18-/m1/s1. The predicted molar refractivity (Wildman–Crippen MR) is 93.3 cm³/mol. The Labute approximate surface area is 147 Å². The fourth-order valence-corrected chi connectivity index (χ4v) is 4.08. The number of hydrogen-bond donors (Lipinski definition) is 0. The molecule has 2 aromatic heterocycles. The monoisotopic (exact) mass is 343 g/mol. The number of aromatic nitrogens is 3. The van der Waals surface area contributed by atoms with E-state index in [0.717, 1.165) is 49.5 Å². The number of rotatable bonds is 3. The number of amides is 1. The SMILES string of the molecule is Cc1cc2nccc([C@@]3(C)CCCN3C(=O)CN3CCOCC3)n2n1. The number of nitrogens with zero attached hydrogens (tertiary/aromatic N) is 5. The van der Waals surface area contributed by atoms with Gasteiger partial charge in [-0.15, -0.1) is 0 Å². The van der Waals surface area contributed by atoms with Gasteiger partial charge < -0.3 is 9.64 Å². The van der Waals surface area contributed by atoms with E-state index in [1.54, 1.807) is 0 Å². The molecule has 2 aromatic rings. The lowest BCUT2D eigenvalue weighted by Crippen LogP contribution is -2.50. The highest BCUT2D eigenvalue weighted by Gasteiger charge is 2.43. The van der Waals surface area contributed by atoms with Gasteiger partial charge in [-0.25, -0.2) is 9.50 Å². The summed E-state index contributed by atoms with van der Waals surface area (Å²) in [5, 5.41) is 4.60. The predicted octanol–water partition coefficient (Wildman–Crippen LogP) is 1.21. The molecule has 7 nitrogen and oxygen atoms in total. The zero-order chi connectivity index (χ0) is 17.4. The van der Waals surface area contributed by atoms with Crippen LogP contribution < -0.4 is 0 Å². The Balaban J connectivity index is 1.63. The van der Waals surface area contributed by atoms with Crippen LogP contribution in [0.25, 0.3) is 5.65 Å². The Kier molecular flexibility index (Phi) is 4.21. The maximum atomic E-state index is 13.0. The molecule has 134 valence electrons. The third-order valence-corrected chi connectivity index (χ3v) is 5.44. The average molecular weight is 343 g/mol. The first-order chi connectivity index (χ1) is 12.1. The minimum atomic E-state index is -0.344. The molecule has 0 unspecified atom stereocenters. The van der Waals surface area contributed by atoms with Gasteiger partial charge in [-0.2, -0.15) is 5.10 Å². The number of morpholine rings is 1. The van der Waals surface area contributed by atoms with Crippen LogP contribution in [0, 0.1) is 6.92 Å². The van der Waals surface area contributed by atoms with Crippen LogP contribution in [0.1, 0.15) is 31.2 Å². The lowest BCUT2D eigenvalue weighted by atomic mass is 9.94. The largest absolute Gasteiger partial charge is 0.379 e. The highest BCUT2D eigenvalue weighted by atomic mass is 16.5. The number of carbonyl (C=O) groups excluding carboxylic acids is 1. The molecule has 2 aliphatic rings. The van der Waals surface area contributed by atoms with Crippen molar-refractivity contribution in [3.8, 4) is 0 Å². The number of ether oxygens (including phenoxy) is 1. The molecule has 0 bridgehead atoms. The topological polar surface area (TPSA) is 63.0 Å². The molecular weight excluding hydrogens is 318 g/mol. The molecule has 0 spiro atoms. The van der Waals surface area contributed by atoms with Gasteiger partial charge in [0.1, 0.15) is 0 Å². The molecule has 0 radical (unpaired) electrons. The number of aryl methyl sites for hydroxylation is 1. The Hall–Kier alpha value is -1.99. The van der Waals surface area contributed by atoms with Crippen molar-refractivity contribution < 1.29 is 9.53 Å². The van der Waals surface area contributed by atoms with Gasteiger partial charge in [0.15, 0.2) is 5.65 Å². The fourth-order valence-electron chi connectivity index (χ4n) is 4.08. The zero-order valence-corrected chi connectivity index (χ0v) is 14.9. The third-order valence-electron chi connectivity index (χ3n) is 5.44. The average Bonchev–Trinajstić information content (AvgIpc) is 3.17. The molecular formula is C18H25N5O2. The summed E-state index contributed by atoms with van der Waals surface area (Å²) >= 11 is 0. The highest BCUT2D eigenvalue weighted by Crippen LogP contribution is 2.38. The van der Waals surface area contributed by atoms with Gasteiger partial charge in [0.05, 0.1) is 36.7 Å². The van der Waals surface area contributed by atoms with Crippen LogP contribution in [0.15, 0.2) is 18.3 Å². The molecule has 0 saturated carbocycles. The molecule has 25 heavy (non-hydrogen) atoms. The van der Waals surface area contributed by atoms with E-state index >= 15 is 0 Å². The summed E-state index contributed by atoms with van der Waals surface area (Å²) in [6, 6.07) is 3.97. The van der Waals surface area contributed by atoms with Crippen molar-refractivity contribution in [3.05, 3.63) is 29.7 Å². The second-order valence-electron chi connectivity index (χ2n) is 7.20. The number of hydrogen-bond acceptors (Lipinski definition) is 5. The summed E-state index contributed by atoms with van der Waals surface area (Å²) < 4.78 is 7.28. The van der Waals surface area contributed by atoms with Gasteiger partial charge in [0.2, 0.25) is 5.91 Å². The van der Waals surface area contributed by atoms with Crippen molar-refractivity contribution in [2.24, 2.45) is 0 Å². The second kappa shape index (κ2) is 6.38. The molecule has 4 rings (SSSR count). The van der Waals surface area contributed by atoms with Crippen LogP contribution in [0.2, 0.25) is 0 Å². The van der Waals surface area contributed by atoms with Crippen molar-refractivity contribution in [1.82, 2.24) is 24.4 Å². The maximum Gasteiger partial charge on any atom is 0.237 e. The van der Waals surface area contributed by atoms with E-state index < -0.39 is 0 Å².